The van der Waals surface area contributed by atoms with Crippen molar-refractivity contribution in [3.8, 4) is 0 Å². The van der Waals surface area contributed by atoms with Crippen LogP contribution < -0.4 is 5.32 Å². The van der Waals surface area contributed by atoms with E-state index in [1.165, 1.54) is 10.8 Å². The molecule has 1 aliphatic rings. The van der Waals surface area contributed by atoms with Crippen molar-refractivity contribution in [1.29, 1.82) is 0 Å². The van der Waals surface area contributed by atoms with Gasteiger partial charge < -0.3 is 10.2 Å². The molecule has 0 unspecified atom stereocenters. The zero-order chi connectivity index (χ0) is 19.5. The summed E-state index contributed by atoms with van der Waals surface area (Å²) in [4.78, 5) is 4.63. The van der Waals surface area contributed by atoms with Gasteiger partial charge in [0, 0.05) is 53.8 Å². The first kappa shape index (κ1) is 19.5. The van der Waals surface area contributed by atoms with Gasteiger partial charge in [-0.2, -0.15) is 0 Å². The maximum Gasteiger partial charge on any atom is 0.173 e. The van der Waals surface area contributed by atoms with E-state index >= 15 is 0 Å². The minimum atomic E-state index is 0.670. The van der Waals surface area contributed by atoms with Gasteiger partial charge in [0.1, 0.15) is 0 Å². The minimum absolute atomic E-state index is 0.670. The Morgan fingerprint density at radius 3 is 2.46 bits per heavy atom. The van der Waals surface area contributed by atoms with E-state index in [1.54, 1.807) is 6.07 Å². The molecule has 3 aromatic rings. The highest BCUT2D eigenvalue weighted by Crippen LogP contribution is 2.24. The molecule has 4 rings (SSSR count). The molecule has 3 nitrogen and oxygen atoms in total. The number of piperazine rings is 1. The first-order valence-electron chi connectivity index (χ1n) is 9.30. The Balaban J connectivity index is 1.36. The van der Waals surface area contributed by atoms with E-state index in [2.05, 4.69) is 57.6 Å². The molecule has 6 heteroatoms. The normalized spacial score (nSPS) is 15.0. The third kappa shape index (κ3) is 4.41. The molecule has 1 saturated heterocycles. The number of rotatable bonds is 3. The van der Waals surface area contributed by atoms with E-state index in [0.717, 1.165) is 54.1 Å². The van der Waals surface area contributed by atoms with Crippen molar-refractivity contribution >= 4 is 57.0 Å². The molecule has 0 radical (unpaired) electrons. The smallest absolute Gasteiger partial charge is 0.173 e. The lowest BCUT2D eigenvalue weighted by Crippen LogP contribution is -2.49. The number of nitrogens with zero attached hydrogens (tertiary/aromatic N) is 2. The Bertz CT molecular complexity index is 995. The van der Waals surface area contributed by atoms with E-state index in [4.69, 9.17) is 35.4 Å². The summed E-state index contributed by atoms with van der Waals surface area (Å²) in [6.45, 7) is 4.49. The predicted octanol–water partition coefficient (Wildman–Crippen LogP) is 5.66. The zero-order valence-electron chi connectivity index (χ0n) is 15.4. The summed E-state index contributed by atoms with van der Waals surface area (Å²) in [5.41, 5.74) is 2.16. The Morgan fingerprint density at radius 1 is 0.929 bits per heavy atom. The van der Waals surface area contributed by atoms with Crippen molar-refractivity contribution in [2.24, 2.45) is 0 Å². The molecule has 1 heterocycles. The van der Waals surface area contributed by atoms with Crippen LogP contribution >= 0.6 is 35.4 Å². The van der Waals surface area contributed by atoms with Crippen LogP contribution in [0.15, 0.2) is 60.7 Å². The van der Waals surface area contributed by atoms with Crippen LogP contribution in [0.1, 0.15) is 5.56 Å². The molecule has 0 aliphatic carbocycles. The van der Waals surface area contributed by atoms with Crippen LogP contribution in [0, 0.1) is 0 Å². The summed E-state index contributed by atoms with van der Waals surface area (Å²) in [7, 11) is 0. The van der Waals surface area contributed by atoms with Gasteiger partial charge in [-0.3, -0.25) is 4.90 Å². The van der Waals surface area contributed by atoms with Gasteiger partial charge in [-0.1, -0.05) is 65.7 Å². The molecule has 1 aliphatic heterocycles. The van der Waals surface area contributed by atoms with Crippen LogP contribution in [0.3, 0.4) is 0 Å². The summed E-state index contributed by atoms with van der Waals surface area (Å²) in [6.07, 6.45) is 0. The van der Waals surface area contributed by atoms with Gasteiger partial charge in [0.15, 0.2) is 5.11 Å². The second-order valence-electron chi connectivity index (χ2n) is 6.96. The molecule has 0 amide bonds. The number of nitrogens with one attached hydrogen (secondary N) is 1. The van der Waals surface area contributed by atoms with Crippen molar-refractivity contribution in [2.45, 2.75) is 6.54 Å². The Hall–Kier alpha value is -1.85. The molecular weight excluding hydrogens is 409 g/mol. The quantitative estimate of drug-likeness (QED) is 0.540. The number of benzene rings is 3. The highest BCUT2D eigenvalue weighted by molar-refractivity contribution is 7.80. The topological polar surface area (TPSA) is 18.5 Å². The Morgan fingerprint density at radius 2 is 1.68 bits per heavy atom. The van der Waals surface area contributed by atoms with Crippen molar-refractivity contribution in [3.05, 3.63) is 76.3 Å². The van der Waals surface area contributed by atoms with E-state index in [0.29, 0.717) is 5.02 Å². The average Bonchev–Trinajstić information content (AvgIpc) is 2.71. The van der Waals surface area contributed by atoms with E-state index in [-0.39, 0.29) is 0 Å². The molecular formula is C22H21Cl2N3S. The van der Waals surface area contributed by atoms with Crippen LogP contribution in [0.4, 0.5) is 5.69 Å². The molecule has 28 heavy (non-hydrogen) atoms. The van der Waals surface area contributed by atoms with Crippen LogP contribution in [0.2, 0.25) is 10.0 Å². The number of halogens is 2. The Kier molecular flexibility index (Phi) is 6.02. The molecule has 0 saturated carbocycles. The maximum atomic E-state index is 6.31. The number of anilines is 1. The summed E-state index contributed by atoms with van der Waals surface area (Å²) in [5.74, 6) is 0. The van der Waals surface area contributed by atoms with E-state index in [1.807, 2.05) is 12.1 Å². The Labute approximate surface area is 180 Å². The monoisotopic (exact) mass is 429 g/mol. The minimum Gasteiger partial charge on any atom is -0.346 e. The van der Waals surface area contributed by atoms with Crippen LogP contribution in [0.25, 0.3) is 10.8 Å². The molecule has 0 aromatic heterocycles. The van der Waals surface area contributed by atoms with Gasteiger partial charge in [0.2, 0.25) is 0 Å². The molecule has 0 atom stereocenters. The fraction of sp³-hybridized carbons (Fsp3) is 0.227. The number of thiocarbonyl (C=S) groups is 1. The summed E-state index contributed by atoms with van der Waals surface area (Å²) in [6, 6.07) is 20.3. The second-order valence-corrected chi connectivity index (χ2v) is 8.19. The van der Waals surface area contributed by atoms with E-state index in [9.17, 15) is 0 Å². The maximum absolute atomic E-state index is 6.31. The van der Waals surface area contributed by atoms with Crippen LogP contribution in [-0.4, -0.2) is 41.1 Å². The van der Waals surface area contributed by atoms with Gasteiger partial charge in [0.25, 0.3) is 0 Å². The van der Waals surface area contributed by atoms with E-state index < -0.39 is 0 Å². The van der Waals surface area contributed by atoms with Crippen LogP contribution in [0.5, 0.6) is 0 Å². The van der Waals surface area contributed by atoms with Gasteiger partial charge >= 0.3 is 0 Å². The molecule has 1 fully saturated rings. The summed E-state index contributed by atoms with van der Waals surface area (Å²) < 4.78 is 0. The lowest BCUT2D eigenvalue weighted by Gasteiger charge is -2.36. The SMILES string of the molecule is S=C(Nc1cccc2ccccc12)N1CCN(Cc2ccc(Cl)cc2Cl)CC1. The third-order valence-electron chi connectivity index (χ3n) is 5.10. The van der Waals surface area contributed by atoms with Gasteiger partial charge in [-0.25, -0.2) is 0 Å². The van der Waals surface area contributed by atoms with Crippen molar-refractivity contribution in [3.63, 3.8) is 0 Å². The fourth-order valence-corrected chi connectivity index (χ4v) is 4.29. The summed E-state index contributed by atoms with van der Waals surface area (Å²) in [5, 5.41) is 8.00. The highest BCUT2D eigenvalue weighted by Gasteiger charge is 2.20. The second kappa shape index (κ2) is 8.66. The van der Waals surface area contributed by atoms with Crippen LogP contribution in [-0.2, 0) is 6.54 Å². The zero-order valence-corrected chi connectivity index (χ0v) is 17.7. The fourth-order valence-electron chi connectivity index (χ4n) is 3.53. The largest absolute Gasteiger partial charge is 0.346 e. The number of fused-ring (bicyclic) bond motifs is 1. The average molecular weight is 430 g/mol. The first-order chi connectivity index (χ1) is 13.6. The molecule has 144 valence electrons. The lowest BCUT2D eigenvalue weighted by molar-refractivity contribution is 0.177. The molecule has 1 N–H and O–H groups in total. The lowest BCUT2D eigenvalue weighted by atomic mass is 10.1. The first-order valence-corrected chi connectivity index (χ1v) is 10.5. The molecule has 3 aromatic carbocycles. The van der Waals surface area contributed by atoms with Crippen molar-refractivity contribution in [1.82, 2.24) is 9.80 Å². The predicted molar refractivity (Wildman–Crippen MR) is 123 cm³/mol. The number of hydrogen-bond acceptors (Lipinski definition) is 2. The van der Waals surface area contributed by atoms with Gasteiger partial charge in [-0.15, -0.1) is 0 Å². The summed E-state index contributed by atoms with van der Waals surface area (Å²) >= 11 is 18.0. The molecule has 0 bridgehead atoms. The highest BCUT2D eigenvalue weighted by atomic mass is 35.5. The molecule has 0 spiro atoms. The van der Waals surface area contributed by atoms with Gasteiger partial charge in [0.05, 0.1) is 0 Å². The number of hydrogen-bond donors (Lipinski definition) is 1. The van der Waals surface area contributed by atoms with Gasteiger partial charge in [-0.05, 0) is 41.4 Å². The standard InChI is InChI=1S/C22H21Cl2N3S/c23-18-9-8-17(20(24)14-18)15-26-10-12-27(13-11-26)22(28)25-21-7-3-5-16-4-1-2-6-19(16)21/h1-9,14H,10-13,15H2,(H,25,28). The third-order valence-corrected chi connectivity index (χ3v) is 6.05. The van der Waals surface area contributed by atoms with Crippen molar-refractivity contribution < 1.29 is 0 Å². The van der Waals surface area contributed by atoms with Crippen molar-refractivity contribution in [2.75, 3.05) is 31.5 Å².